The first-order valence-electron chi connectivity index (χ1n) is 10.6. The summed E-state index contributed by atoms with van der Waals surface area (Å²) in [5.74, 6) is 0.859. The minimum atomic E-state index is 0.670. The van der Waals surface area contributed by atoms with Crippen LogP contribution in [0.25, 0.3) is 0 Å². The normalized spacial score (nSPS) is 25.6. The van der Waals surface area contributed by atoms with Gasteiger partial charge in [-0.3, -0.25) is 9.80 Å². The molecule has 0 saturated carbocycles. The number of anilines is 1. The van der Waals surface area contributed by atoms with E-state index in [0.717, 1.165) is 70.8 Å². The van der Waals surface area contributed by atoms with E-state index in [1.807, 2.05) is 6.20 Å². The fraction of sp³-hybridized carbons (Fsp3) is 0.800. The maximum Gasteiger partial charge on any atom is 0.225 e. The van der Waals surface area contributed by atoms with Gasteiger partial charge in [0.1, 0.15) is 0 Å². The Balaban J connectivity index is 1.34. The van der Waals surface area contributed by atoms with Crippen molar-refractivity contribution < 1.29 is 9.47 Å². The standard InChI is InChI=1S/C20H33N5O2/c1-2-7-25(19(3-1)5-8-23-9-13-26-14-10-23)17-18-4-6-21-20(22-18)24-11-15-27-16-12-24/h4,6,19H,1-3,5,7-17H2/t19-/m1/s1. The molecule has 0 aliphatic carbocycles. The highest BCUT2D eigenvalue weighted by atomic mass is 16.5. The number of nitrogens with zero attached hydrogens (tertiary/aromatic N) is 5. The van der Waals surface area contributed by atoms with Crippen LogP contribution in [0.4, 0.5) is 5.95 Å². The number of rotatable bonds is 6. The summed E-state index contributed by atoms with van der Waals surface area (Å²) in [4.78, 5) is 16.8. The quantitative estimate of drug-likeness (QED) is 0.745. The number of aromatic nitrogens is 2. The molecule has 1 atom stereocenters. The third-order valence-corrected chi connectivity index (χ3v) is 5.99. The number of ether oxygens (including phenoxy) is 2. The van der Waals surface area contributed by atoms with Crippen molar-refractivity contribution in [1.29, 1.82) is 0 Å². The number of morpholine rings is 2. The van der Waals surface area contributed by atoms with Crippen molar-refractivity contribution in [2.24, 2.45) is 0 Å². The summed E-state index contributed by atoms with van der Waals surface area (Å²) in [6.07, 6.45) is 7.13. The van der Waals surface area contributed by atoms with E-state index < -0.39 is 0 Å². The molecule has 7 nitrogen and oxygen atoms in total. The van der Waals surface area contributed by atoms with E-state index >= 15 is 0 Å². The summed E-state index contributed by atoms with van der Waals surface area (Å²) in [6.45, 7) is 10.6. The van der Waals surface area contributed by atoms with Gasteiger partial charge in [0, 0.05) is 45.0 Å². The molecule has 150 valence electrons. The van der Waals surface area contributed by atoms with Crippen LogP contribution in [0.15, 0.2) is 12.3 Å². The molecule has 0 N–H and O–H groups in total. The molecule has 4 heterocycles. The monoisotopic (exact) mass is 375 g/mol. The molecule has 0 amide bonds. The molecule has 0 unspecified atom stereocenters. The summed E-state index contributed by atoms with van der Waals surface area (Å²) in [7, 11) is 0. The van der Waals surface area contributed by atoms with E-state index in [0.29, 0.717) is 6.04 Å². The molecule has 0 radical (unpaired) electrons. The van der Waals surface area contributed by atoms with Gasteiger partial charge in [-0.15, -0.1) is 0 Å². The van der Waals surface area contributed by atoms with Gasteiger partial charge in [-0.05, 0) is 38.4 Å². The van der Waals surface area contributed by atoms with Gasteiger partial charge >= 0.3 is 0 Å². The molecule has 3 aliphatic heterocycles. The molecule has 3 fully saturated rings. The lowest BCUT2D eigenvalue weighted by Gasteiger charge is -2.37. The van der Waals surface area contributed by atoms with E-state index in [2.05, 4.69) is 25.8 Å². The van der Waals surface area contributed by atoms with Crippen LogP contribution in [-0.2, 0) is 16.0 Å². The molecule has 3 saturated heterocycles. The highest BCUT2D eigenvalue weighted by molar-refractivity contribution is 5.30. The van der Waals surface area contributed by atoms with Crippen LogP contribution in [0.3, 0.4) is 0 Å². The largest absolute Gasteiger partial charge is 0.379 e. The average molecular weight is 376 g/mol. The summed E-state index contributed by atoms with van der Waals surface area (Å²) >= 11 is 0. The molecule has 1 aromatic rings. The number of likely N-dealkylation sites (tertiary alicyclic amines) is 1. The van der Waals surface area contributed by atoms with Gasteiger partial charge < -0.3 is 14.4 Å². The van der Waals surface area contributed by atoms with Gasteiger partial charge in [0.25, 0.3) is 0 Å². The molecule has 0 spiro atoms. The number of hydrogen-bond donors (Lipinski definition) is 0. The van der Waals surface area contributed by atoms with E-state index in [1.165, 1.54) is 38.8 Å². The van der Waals surface area contributed by atoms with Crippen LogP contribution in [0.5, 0.6) is 0 Å². The Morgan fingerprint density at radius 2 is 1.74 bits per heavy atom. The SMILES string of the molecule is c1cc(CN2CCCC[C@@H]2CCN2CCOCC2)nc(N2CCOCC2)n1. The summed E-state index contributed by atoms with van der Waals surface area (Å²) in [6, 6.07) is 2.75. The Morgan fingerprint density at radius 1 is 0.963 bits per heavy atom. The first-order chi connectivity index (χ1) is 13.4. The van der Waals surface area contributed by atoms with Gasteiger partial charge in [-0.2, -0.15) is 0 Å². The van der Waals surface area contributed by atoms with Crippen LogP contribution >= 0.6 is 0 Å². The second-order valence-corrected chi connectivity index (χ2v) is 7.81. The van der Waals surface area contributed by atoms with Crippen molar-refractivity contribution in [3.8, 4) is 0 Å². The molecule has 27 heavy (non-hydrogen) atoms. The molecular weight excluding hydrogens is 342 g/mol. The van der Waals surface area contributed by atoms with Gasteiger partial charge in [0.15, 0.2) is 0 Å². The van der Waals surface area contributed by atoms with Crippen molar-refractivity contribution in [2.45, 2.75) is 38.3 Å². The van der Waals surface area contributed by atoms with E-state index in [1.54, 1.807) is 0 Å². The molecular formula is C20H33N5O2. The number of piperidine rings is 1. The Labute approximate surface area is 162 Å². The van der Waals surface area contributed by atoms with Crippen LogP contribution in [0.2, 0.25) is 0 Å². The predicted molar refractivity (Wildman–Crippen MR) is 105 cm³/mol. The third kappa shape index (κ3) is 5.38. The molecule has 0 aromatic carbocycles. The van der Waals surface area contributed by atoms with Crippen molar-refractivity contribution in [1.82, 2.24) is 19.8 Å². The van der Waals surface area contributed by atoms with Crippen LogP contribution < -0.4 is 4.90 Å². The highest BCUT2D eigenvalue weighted by Crippen LogP contribution is 2.22. The minimum Gasteiger partial charge on any atom is -0.379 e. The summed E-state index contributed by atoms with van der Waals surface area (Å²) in [5, 5.41) is 0. The van der Waals surface area contributed by atoms with Gasteiger partial charge in [0.2, 0.25) is 5.95 Å². The predicted octanol–water partition coefficient (Wildman–Crippen LogP) is 1.39. The molecule has 3 aliphatic rings. The Hall–Kier alpha value is -1.28. The molecule has 1 aromatic heterocycles. The fourth-order valence-corrected chi connectivity index (χ4v) is 4.35. The lowest BCUT2D eigenvalue weighted by molar-refractivity contribution is 0.0301. The summed E-state index contributed by atoms with van der Waals surface area (Å²) < 4.78 is 10.9. The van der Waals surface area contributed by atoms with E-state index in [9.17, 15) is 0 Å². The highest BCUT2D eigenvalue weighted by Gasteiger charge is 2.24. The zero-order valence-electron chi connectivity index (χ0n) is 16.4. The Kier molecular flexibility index (Phi) is 6.90. The lowest BCUT2D eigenvalue weighted by Crippen LogP contribution is -2.43. The van der Waals surface area contributed by atoms with Gasteiger partial charge in [-0.25, -0.2) is 9.97 Å². The molecule has 7 heteroatoms. The first kappa shape index (κ1) is 19.1. The smallest absolute Gasteiger partial charge is 0.225 e. The molecule has 0 bridgehead atoms. The minimum absolute atomic E-state index is 0.670. The maximum absolute atomic E-state index is 5.47. The van der Waals surface area contributed by atoms with E-state index in [-0.39, 0.29) is 0 Å². The second-order valence-electron chi connectivity index (χ2n) is 7.81. The summed E-state index contributed by atoms with van der Waals surface area (Å²) in [5.41, 5.74) is 1.14. The topological polar surface area (TPSA) is 54.0 Å². The van der Waals surface area contributed by atoms with Crippen molar-refractivity contribution >= 4 is 5.95 Å². The van der Waals surface area contributed by atoms with E-state index in [4.69, 9.17) is 14.5 Å². The molecule has 4 rings (SSSR count). The Morgan fingerprint density at radius 3 is 2.56 bits per heavy atom. The second kappa shape index (κ2) is 9.78. The first-order valence-corrected chi connectivity index (χ1v) is 10.6. The average Bonchev–Trinajstić information content (AvgIpc) is 2.75. The van der Waals surface area contributed by atoms with Crippen LogP contribution in [0.1, 0.15) is 31.4 Å². The zero-order chi connectivity index (χ0) is 18.3. The van der Waals surface area contributed by atoms with Gasteiger partial charge in [0.05, 0.1) is 32.1 Å². The van der Waals surface area contributed by atoms with Crippen molar-refractivity contribution in [2.75, 3.05) is 70.6 Å². The lowest BCUT2D eigenvalue weighted by atomic mass is 9.98. The fourth-order valence-electron chi connectivity index (χ4n) is 4.35. The Bertz CT molecular complexity index is 575. The third-order valence-electron chi connectivity index (χ3n) is 5.99. The van der Waals surface area contributed by atoms with Crippen LogP contribution in [0, 0.1) is 0 Å². The van der Waals surface area contributed by atoms with Crippen molar-refractivity contribution in [3.05, 3.63) is 18.0 Å². The van der Waals surface area contributed by atoms with Crippen molar-refractivity contribution in [3.63, 3.8) is 0 Å². The van der Waals surface area contributed by atoms with Crippen LogP contribution in [-0.4, -0.2) is 91.5 Å². The zero-order valence-corrected chi connectivity index (χ0v) is 16.4. The van der Waals surface area contributed by atoms with Gasteiger partial charge in [-0.1, -0.05) is 6.42 Å². The maximum atomic E-state index is 5.47. The number of hydrogen-bond acceptors (Lipinski definition) is 7.